The van der Waals surface area contributed by atoms with Crippen LogP contribution < -0.4 is 16.4 Å². The third-order valence-corrected chi connectivity index (χ3v) is 3.43. The molecule has 2 heterocycles. The van der Waals surface area contributed by atoms with Gasteiger partial charge in [-0.15, -0.1) is 0 Å². The first-order valence-electron chi connectivity index (χ1n) is 5.17. The molecule has 0 saturated heterocycles. The summed E-state index contributed by atoms with van der Waals surface area (Å²) in [4.78, 5) is 4.37. The molecular formula is C10H15IN6. The van der Waals surface area contributed by atoms with E-state index in [2.05, 4.69) is 43.3 Å². The molecule has 2 rings (SSSR count). The monoisotopic (exact) mass is 346 g/mol. The number of nitrogens with two attached hydrogens (primary N) is 1. The van der Waals surface area contributed by atoms with Gasteiger partial charge in [-0.3, -0.25) is 10.4 Å². The van der Waals surface area contributed by atoms with Crippen molar-refractivity contribution in [3.05, 3.63) is 26.9 Å². The van der Waals surface area contributed by atoms with Gasteiger partial charge in [0.1, 0.15) is 5.82 Å². The maximum atomic E-state index is 6.28. The molecule has 0 radical (unpaired) electrons. The smallest absolute Gasteiger partial charge is 0.213 e. The molecule has 1 atom stereocenters. The van der Waals surface area contributed by atoms with Crippen molar-refractivity contribution in [3.63, 3.8) is 0 Å². The normalized spacial score (nSPS) is 23.8. The quantitative estimate of drug-likeness (QED) is 0.673. The molecule has 0 fully saturated rings. The molecule has 0 aromatic carbocycles. The van der Waals surface area contributed by atoms with E-state index < -0.39 is 5.79 Å². The van der Waals surface area contributed by atoms with Crippen molar-refractivity contribution in [2.24, 2.45) is 17.8 Å². The van der Waals surface area contributed by atoms with Crippen molar-refractivity contribution < 1.29 is 0 Å². The lowest BCUT2D eigenvalue weighted by atomic mass is 10.1. The molecule has 6 nitrogen and oxygen atoms in total. The summed E-state index contributed by atoms with van der Waals surface area (Å²) in [5.74, 6) is -0.0860. The van der Waals surface area contributed by atoms with E-state index in [0.29, 0.717) is 0 Å². The molecule has 1 aromatic rings. The molecule has 0 aliphatic carbocycles. The molecule has 0 spiro atoms. The Kier molecular flexibility index (Phi) is 3.13. The van der Waals surface area contributed by atoms with Gasteiger partial charge in [0.05, 0.1) is 14.8 Å². The summed E-state index contributed by atoms with van der Waals surface area (Å²) in [6.07, 6.45) is 3.64. The number of aryl methyl sites for hydroxylation is 2. The molecule has 7 heteroatoms. The Labute approximate surface area is 113 Å². The molecule has 4 N–H and O–H groups in total. The average molecular weight is 346 g/mol. The fourth-order valence-electron chi connectivity index (χ4n) is 1.80. The third-order valence-electron chi connectivity index (χ3n) is 2.61. The lowest BCUT2D eigenvalue weighted by molar-refractivity contribution is 0.383. The molecular weight excluding hydrogens is 331 g/mol. The molecule has 1 aliphatic heterocycles. The van der Waals surface area contributed by atoms with E-state index in [9.17, 15) is 0 Å². The van der Waals surface area contributed by atoms with Crippen LogP contribution in [0.4, 0.5) is 0 Å². The fourth-order valence-corrected chi connectivity index (χ4v) is 2.34. The number of nitrogens with zero attached hydrogens (tertiary/aromatic N) is 3. The molecule has 0 amide bonds. The molecule has 17 heavy (non-hydrogen) atoms. The molecule has 0 bridgehead atoms. The second-order valence-corrected chi connectivity index (χ2v) is 5.09. The van der Waals surface area contributed by atoms with Crippen molar-refractivity contribution in [1.29, 1.82) is 0 Å². The van der Waals surface area contributed by atoms with Crippen LogP contribution in [0.1, 0.15) is 11.3 Å². The number of hydrogen-bond acceptors (Lipinski definition) is 5. The molecule has 0 saturated carbocycles. The Morgan fingerprint density at radius 3 is 2.82 bits per heavy atom. The van der Waals surface area contributed by atoms with Gasteiger partial charge in [0.2, 0.25) is 5.79 Å². The van der Waals surface area contributed by atoms with Crippen LogP contribution in [0.2, 0.25) is 0 Å². The lowest BCUT2D eigenvalue weighted by Crippen LogP contribution is -2.52. The summed E-state index contributed by atoms with van der Waals surface area (Å²) in [5, 5.41) is 10.5. The van der Waals surface area contributed by atoms with E-state index in [1.807, 2.05) is 27.2 Å². The first-order chi connectivity index (χ1) is 7.96. The van der Waals surface area contributed by atoms with Gasteiger partial charge in [0, 0.05) is 26.5 Å². The van der Waals surface area contributed by atoms with Crippen LogP contribution in [0, 0.1) is 6.92 Å². The van der Waals surface area contributed by atoms with Gasteiger partial charge in [0.25, 0.3) is 0 Å². The number of aromatic nitrogens is 2. The van der Waals surface area contributed by atoms with Crippen LogP contribution >= 0.6 is 22.6 Å². The van der Waals surface area contributed by atoms with Gasteiger partial charge >= 0.3 is 0 Å². The largest absolute Gasteiger partial charge is 0.374 e. The highest BCUT2D eigenvalue weighted by Gasteiger charge is 2.33. The molecule has 1 aromatic heterocycles. The van der Waals surface area contributed by atoms with Gasteiger partial charge in [0.15, 0.2) is 0 Å². The highest BCUT2D eigenvalue weighted by molar-refractivity contribution is 14.1. The first-order valence-corrected chi connectivity index (χ1v) is 6.24. The van der Waals surface area contributed by atoms with Gasteiger partial charge < -0.3 is 10.6 Å². The Morgan fingerprint density at radius 2 is 2.29 bits per heavy atom. The summed E-state index contributed by atoms with van der Waals surface area (Å²) < 4.78 is 2.73. The second-order valence-electron chi connectivity index (χ2n) is 3.92. The van der Waals surface area contributed by atoms with Crippen molar-refractivity contribution in [3.8, 4) is 0 Å². The van der Waals surface area contributed by atoms with Gasteiger partial charge in [-0.1, -0.05) is 0 Å². The SMILES string of the molecule is CNC1=C(I)C=NC(N)(c2cn(C)nc2C)N1. The predicted octanol–water partition coefficient (Wildman–Crippen LogP) is 0.295. The van der Waals surface area contributed by atoms with Crippen molar-refractivity contribution in [2.45, 2.75) is 12.7 Å². The molecule has 92 valence electrons. The van der Waals surface area contributed by atoms with Crippen LogP contribution in [-0.4, -0.2) is 23.0 Å². The van der Waals surface area contributed by atoms with E-state index in [-0.39, 0.29) is 0 Å². The zero-order chi connectivity index (χ0) is 12.6. The minimum Gasteiger partial charge on any atom is -0.374 e. The minimum atomic E-state index is -0.953. The highest BCUT2D eigenvalue weighted by atomic mass is 127. The van der Waals surface area contributed by atoms with E-state index in [4.69, 9.17) is 5.73 Å². The maximum absolute atomic E-state index is 6.28. The second kappa shape index (κ2) is 4.30. The third kappa shape index (κ3) is 2.16. The average Bonchev–Trinajstić information content (AvgIpc) is 2.62. The summed E-state index contributed by atoms with van der Waals surface area (Å²) in [5.41, 5.74) is 8.02. The topological polar surface area (TPSA) is 80.3 Å². The standard InChI is InChI=1S/C10H15IN6/c1-6-7(5-17(3)16-6)10(12)14-4-8(11)9(13-2)15-10/h4-5,13,15H,12H2,1-3H3. The Morgan fingerprint density at radius 1 is 1.59 bits per heavy atom. The zero-order valence-corrected chi connectivity index (χ0v) is 12.1. The van der Waals surface area contributed by atoms with Gasteiger partial charge in [-0.05, 0) is 29.5 Å². The van der Waals surface area contributed by atoms with Crippen LogP contribution in [0.15, 0.2) is 20.6 Å². The van der Waals surface area contributed by atoms with Crippen LogP contribution in [0.25, 0.3) is 0 Å². The number of rotatable bonds is 2. The van der Waals surface area contributed by atoms with E-state index in [1.165, 1.54) is 0 Å². The number of allylic oxidation sites excluding steroid dienone is 1. The van der Waals surface area contributed by atoms with Gasteiger partial charge in [-0.2, -0.15) is 5.10 Å². The van der Waals surface area contributed by atoms with Crippen molar-refractivity contribution >= 4 is 28.8 Å². The van der Waals surface area contributed by atoms with Crippen LogP contribution in [-0.2, 0) is 12.8 Å². The van der Waals surface area contributed by atoms with E-state index in [0.717, 1.165) is 20.7 Å². The Balaban J connectivity index is 2.41. The lowest BCUT2D eigenvalue weighted by Gasteiger charge is -2.31. The zero-order valence-electron chi connectivity index (χ0n) is 9.95. The van der Waals surface area contributed by atoms with Gasteiger partial charge in [-0.25, -0.2) is 4.99 Å². The minimum absolute atomic E-state index is 0.867. The molecule has 1 aliphatic rings. The number of hydrogen-bond donors (Lipinski definition) is 3. The predicted molar refractivity (Wildman–Crippen MR) is 75.5 cm³/mol. The Bertz CT molecular complexity index is 503. The first kappa shape index (κ1) is 12.4. The summed E-state index contributed by atoms with van der Waals surface area (Å²) in [7, 11) is 3.71. The van der Waals surface area contributed by atoms with Crippen molar-refractivity contribution in [2.75, 3.05) is 7.05 Å². The number of aliphatic imine (C=N–C) groups is 1. The van der Waals surface area contributed by atoms with Crippen LogP contribution in [0.3, 0.4) is 0 Å². The van der Waals surface area contributed by atoms with E-state index >= 15 is 0 Å². The number of halogens is 1. The molecule has 1 unspecified atom stereocenters. The summed E-state index contributed by atoms with van der Waals surface area (Å²) in [6, 6.07) is 0. The summed E-state index contributed by atoms with van der Waals surface area (Å²) in [6.45, 7) is 1.92. The fraction of sp³-hybridized carbons (Fsp3) is 0.400. The van der Waals surface area contributed by atoms with Crippen LogP contribution in [0.5, 0.6) is 0 Å². The number of nitrogens with one attached hydrogen (secondary N) is 2. The Hall–Kier alpha value is -1.09. The maximum Gasteiger partial charge on any atom is 0.213 e. The van der Waals surface area contributed by atoms with E-state index in [1.54, 1.807) is 10.9 Å². The van der Waals surface area contributed by atoms with Crippen molar-refractivity contribution in [1.82, 2.24) is 20.4 Å². The highest BCUT2D eigenvalue weighted by Crippen LogP contribution is 2.25. The summed E-state index contributed by atoms with van der Waals surface area (Å²) >= 11 is 2.20.